The Balaban J connectivity index is 2.05. The van der Waals surface area contributed by atoms with E-state index in [9.17, 15) is 4.39 Å². The van der Waals surface area contributed by atoms with Crippen molar-refractivity contribution in [3.63, 3.8) is 0 Å². The van der Waals surface area contributed by atoms with Crippen molar-refractivity contribution in [2.75, 3.05) is 11.9 Å². The number of nitrogens with two attached hydrogens (primary N) is 1. The van der Waals surface area contributed by atoms with Gasteiger partial charge in [-0.25, -0.2) is 4.39 Å². The van der Waals surface area contributed by atoms with Crippen LogP contribution < -0.4 is 11.1 Å². The molecule has 82 valence electrons. The fraction of sp³-hybridized carbons (Fsp3) is 0.500. The second kappa shape index (κ2) is 4.62. The second-order valence-electron chi connectivity index (χ2n) is 4.16. The van der Waals surface area contributed by atoms with Gasteiger partial charge in [0.25, 0.3) is 0 Å². The molecule has 1 saturated carbocycles. The quantitative estimate of drug-likeness (QED) is 0.800. The summed E-state index contributed by atoms with van der Waals surface area (Å²) in [5, 5.41) is 3.26. The molecule has 0 amide bonds. The van der Waals surface area contributed by atoms with E-state index in [2.05, 4.69) is 5.32 Å². The Hall–Kier alpha value is -1.09. The van der Waals surface area contributed by atoms with E-state index in [1.165, 1.54) is 12.5 Å². The molecule has 2 atom stereocenters. The molecule has 15 heavy (non-hydrogen) atoms. The van der Waals surface area contributed by atoms with Gasteiger partial charge >= 0.3 is 0 Å². The third kappa shape index (κ3) is 2.29. The lowest BCUT2D eigenvalue weighted by Crippen LogP contribution is -2.29. The largest absolute Gasteiger partial charge is 0.380 e. The molecule has 0 heterocycles. The van der Waals surface area contributed by atoms with Gasteiger partial charge in [0, 0.05) is 6.04 Å². The monoisotopic (exact) mass is 208 g/mol. The van der Waals surface area contributed by atoms with Crippen molar-refractivity contribution in [1.82, 2.24) is 0 Å². The Labute approximate surface area is 89.7 Å². The van der Waals surface area contributed by atoms with Gasteiger partial charge in [-0.15, -0.1) is 0 Å². The Morgan fingerprint density at radius 2 is 2.13 bits per heavy atom. The highest BCUT2D eigenvalue weighted by Crippen LogP contribution is 2.28. The molecule has 1 aromatic carbocycles. The summed E-state index contributed by atoms with van der Waals surface area (Å²) in [6, 6.07) is 7.15. The van der Waals surface area contributed by atoms with Gasteiger partial charge in [0.15, 0.2) is 0 Å². The molecule has 2 unspecified atom stereocenters. The summed E-state index contributed by atoms with van der Waals surface area (Å²) in [5.74, 6) is 0.310. The normalized spacial score (nSPS) is 25.5. The highest BCUT2D eigenvalue weighted by Gasteiger charge is 2.26. The minimum atomic E-state index is -0.180. The molecular formula is C12H17FN2. The van der Waals surface area contributed by atoms with Gasteiger partial charge in [-0.05, 0) is 37.4 Å². The molecule has 1 fully saturated rings. The second-order valence-corrected chi connectivity index (χ2v) is 4.16. The minimum Gasteiger partial charge on any atom is -0.380 e. The standard InChI is InChI=1S/C12H17FN2/c13-10-5-1-2-6-12(10)15-11-7-3-4-9(11)8-14/h1-2,5-6,9,11,15H,3-4,7-8,14H2. The van der Waals surface area contributed by atoms with Crippen LogP contribution in [0.3, 0.4) is 0 Å². The van der Waals surface area contributed by atoms with Gasteiger partial charge < -0.3 is 11.1 Å². The van der Waals surface area contributed by atoms with Gasteiger partial charge in [0.1, 0.15) is 5.82 Å². The summed E-state index contributed by atoms with van der Waals surface area (Å²) in [5.41, 5.74) is 6.28. The number of nitrogens with one attached hydrogen (secondary N) is 1. The van der Waals surface area contributed by atoms with Crippen molar-refractivity contribution < 1.29 is 4.39 Å². The van der Waals surface area contributed by atoms with Gasteiger partial charge in [0.05, 0.1) is 5.69 Å². The lowest BCUT2D eigenvalue weighted by molar-refractivity contribution is 0.513. The molecule has 0 saturated heterocycles. The van der Waals surface area contributed by atoms with Crippen molar-refractivity contribution in [3.8, 4) is 0 Å². The first-order chi connectivity index (χ1) is 7.31. The number of para-hydroxylation sites is 1. The first-order valence-corrected chi connectivity index (χ1v) is 5.52. The van der Waals surface area contributed by atoms with Crippen LogP contribution in [0.2, 0.25) is 0 Å². The van der Waals surface area contributed by atoms with E-state index < -0.39 is 0 Å². The highest BCUT2D eigenvalue weighted by atomic mass is 19.1. The third-order valence-electron chi connectivity index (χ3n) is 3.18. The van der Waals surface area contributed by atoms with Crippen LogP contribution in [-0.2, 0) is 0 Å². The molecule has 2 rings (SSSR count). The van der Waals surface area contributed by atoms with Crippen LogP contribution in [0.5, 0.6) is 0 Å². The number of anilines is 1. The van der Waals surface area contributed by atoms with Crippen molar-refractivity contribution in [2.24, 2.45) is 11.7 Å². The third-order valence-corrected chi connectivity index (χ3v) is 3.18. The van der Waals surface area contributed by atoms with Crippen LogP contribution >= 0.6 is 0 Å². The van der Waals surface area contributed by atoms with Crippen LogP contribution in [0.15, 0.2) is 24.3 Å². The lowest BCUT2D eigenvalue weighted by Gasteiger charge is -2.20. The summed E-state index contributed by atoms with van der Waals surface area (Å²) in [4.78, 5) is 0. The van der Waals surface area contributed by atoms with Gasteiger partial charge in [-0.2, -0.15) is 0 Å². The average molecular weight is 208 g/mol. The number of rotatable bonds is 3. The molecule has 3 heteroatoms. The lowest BCUT2D eigenvalue weighted by atomic mass is 10.0. The molecule has 0 aromatic heterocycles. The Morgan fingerprint density at radius 3 is 2.87 bits per heavy atom. The summed E-state index contributed by atoms with van der Waals surface area (Å²) in [6.45, 7) is 0.687. The number of hydrogen-bond acceptors (Lipinski definition) is 2. The van der Waals surface area contributed by atoms with Crippen molar-refractivity contribution in [1.29, 1.82) is 0 Å². The van der Waals surface area contributed by atoms with Crippen LogP contribution in [0.4, 0.5) is 10.1 Å². The van der Waals surface area contributed by atoms with E-state index in [1.807, 2.05) is 6.07 Å². The Kier molecular flexibility index (Phi) is 3.21. The van der Waals surface area contributed by atoms with E-state index in [1.54, 1.807) is 12.1 Å². The molecule has 0 radical (unpaired) electrons. The van der Waals surface area contributed by atoms with Crippen LogP contribution in [0.1, 0.15) is 19.3 Å². The SMILES string of the molecule is NCC1CCCC1Nc1ccccc1F. The van der Waals surface area contributed by atoms with Gasteiger partial charge in [0.2, 0.25) is 0 Å². The average Bonchev–Trinajstić information content (AvgIpc) is 2.69. The molecule has 0 spiro atoms. The highest BCUT2D eigenvalue weighted by molar-refractivity contribution is 5.45. The summed E-state index contributed by atoms with van der Waals surface area (Å²) < 4.78 is 13.4. The summed E-state index contributed by atoms with van der Waals surface area (Å²) in [6.07, 6.45) is 3.44. The zero-order valence-corrected chi connectivity index (χ0v) is 8.75. The summed E-state index contributed by atoms with van der Waals surface area (Å²) >= 11 is 0. The van der Waals surface area contributed by atoms with E-state index in [4.69, 9.17) is 5.73 Å². The van der Waals surface area contributed by atoms with E-state index in [0.717, 1.165) is 12.8 Å². The molecular weight excluding hydrogens is 191 g/mol. The van der Waals surface area contributed by atoms with E-state index in [-0.39, 0.29) is 5.82 Å². The predicted molar refractivity (Wildman–Crippen MR) is 60.2 cm³/mol. The van der Waals surface area contributed by atoms with Crippen LogP contribution in [0, 0.1) is 11.7 Å². The fourth-order valence-corrected chi connectivity index (χ4v) is 2.29. The van der Waals surface area contributed by atoms with Crippen molar-refractivity contribution >= 4 is 5.69 Å². The Bertz CT molecular complexity index is 327. The van der Waals surface area contributed by atoms with E-state index in [0.29, 0.717) is 24.2 Å². The van der Waals surface area contributed by atoms with E-state index >= 15 is 0 Å². The topological polar surface area (TPSA) is 38.0 Å². The molecule has 0 bridgehead atoms. The van der Waals surface area contributed by atoms with Crippen molar-refractivity contribution in [2.45, 2.75) is 25.3 Å². The number of halogens is 1. The van der Waals surface area contributed by atoms with Gasteiger partial charge in [-0.1, -0.05) is 18.6 Å². The minimum absolute atomic E-state index is 0.180. The molecule has 1 aromatic rings. The first-order valence-electron chi connectivity index (χ1n) is 5.52. The number of hydrogen-bond donors (Lipinski definition) is 2. The van der Waals surface area contributed by atoms with Gasteiger partial charge in [-0.3, -0.25) is 0 Å². The Morgan fingerprint density at radius 1 is 1.33 bits per heavy atom. The zero-order chi connectivity index (χ0) is 10.7. The zero-order valence-electron chi connectivity index (χ0n) is 8.75. The predicted octanol–water partition coefficient (Wildman–Crippen LogP) is 2.37. The summed E-state index contributed by atoms with van der Waals surface area (Å²) in [7, 11) is 0. The first kappa shape index (κ1) is 10.4. The van der Waals surface area contributed by atoms with Crippen LogP contribution in [-0.4, -0.2) is 12.6 Å². The number of benzene rings is 1. The smallest absolute Gasteiger partial charge is 0.146 e. The molecule has 1 aliphatic rings. The maximum atomic E-state index is 13.4. The molecule has 1 aliphatic carbocycles. The van der Waals surface area contributed by atoms with Crippen molar-refractivity contribution in [3.05, 3.63) is 30.1 Å². The molecule has 3 N–H and O–H groups in total. The van der Waals surface area contributed by atoms with Crippen LogP contribution in [0.25, 0.3) is 0 Å². The fourth-order valence-electron chi connectivity index (χ4n) is 2.29. The molecule has 2 nitrogen and oxygen atoms in total. The molecule has 0 aliphatic heterocycles. The maximum Gasteiger partial charge on any atom is 0.146 e. The maximum absolute atomic E-state index is 13.4.